The van der Waals surface area contributed by atoms with E-state index in [9.17, 15) is 4.79 Å². The van der Waals surface area contributed by atoms with Crippen molar-refractivity contribution in [2.45, 2.75) is 32.4 Å². The summed E-state index contributed by atoms with van der Waals surface area (Å²) in [5, 5.41) is 12.0. The number of hydrogen-bond donors (Lipinski definition) is 2. The standard InChI is InChI=1S/C14H17NO2/c16-9-11-3-1-2-10(6-11)8-15-13(17)12-7-14(12)4-5-14/h1-3,6,12,16H,4-5,7-9H2,(H,15,17)/t12-/m1/s1. The number of aliphatic hydroxyl groups is 1. The van der Waals surface area contributed by atoms with Crippen LogP contribution in [0.25, 0.3) is 0 Å². The molecule has 1 amide bonds. The Morgan fingerprint density at radius 2 is 2.18 bits per heavy atom. The molecular weight excluding hydrogens is 214 g/mol. The number of nitrogens with one attached hydrogen (secondary N) is 1. The minimum Gasteiger partial charge on any atom is -0.392 e. The monoisotopic (exact) mass is 231 g/mol. The average Bonchev–Trinajstić information content (AvgIpc) is 3.28. The van der Waals surface area contributed by atoms with Crippen LogP contribution in [0.1, 0.15) is 30.4 Å². The van der Waals surface area contributed by atoms with Crippen LogP contribution in [0, 0.1) is 11.3 Å². The smallest absolute Gasteiger partial charge is 0.223 e. The third kappa shape index (κ3) is 2.07. The first-order valence-corrected chi connectivity index (χ1v) is 6.20. The molecule has 2 saturated carbocycles. The van der Waals surface area contributed by atoms with Gasteiger partial charge in [-0.1, -0.05) is 24.3 Å². The fourth-order valence-electron chi connectivity index (χ4n) is 2.58. The van der Waals surface area contributed by atoms with Crippen molar-refractivity contribution >= 4 is 5.91 Å². The molecule has 0 aromatic heterocycles. The molecule has 1 aromatic carbocycles. The lowest BCUT2D eigenvalue weighted by Crippen LogP contribution is -2.25. The summed E-state index contributed by atoms with van der Waals surface area (Å²) < 4.78 is 0. The van der Waals surface area contributed by atoms with Crippen molar-refractivity contribution in [1.29, 1.82) is 0 Å². The molecule has 0 bridgehead atoms. The second-order valence-electron chi connectivity index (χ2n) is 5.31. The van der Waals surface area contributed by atoms with Crippen LogP contribution in [0.5, 0.6) is 0 Å². The number of carbonyl (C=O) groups excluding carboxylic acids is 1. The van der Waals surface area contributed by atoms with Gasteiger partial charge in [0.2, 0.25) is 5.91 Å². The predicted molar refractivity (Wildman–Crippen MR) is 64.0 cm³/mol. The zero-order valence-electron chi connectivity index (χ0n) is 9.78. The van der Waals surface area contributed by atoms with Gasteiger partial charge in [-0.2, -0.15) is 0 Å². The SMILES string of the molecule is O=C(NCc1cccc(CO)c1)[C@H]1CC12CC2. The van der Waals surface area contributed by atoms with Crippen LogP contribution in [0.15, 0.2) is 24.3 Å². The highest BCUT2D eigenvalue weighted by molar-refractivity contribution is 5.83. The Morgan fingerprint density at radius 3 is 2.82 bits per heavy atom. The van der Waals surface area contributed by atoms with Gasteiger partial charge >= 0.3 is 0 Å². The molecule has 0 radical (unpaired) electrons. The molecule has 1 atom stereocenters. The maximum atomic E-state index is 11.8. The van der Waals surface area contributed by atoms with Crippen LogP contribution in [-0.2, 0) is 17.9 Å². The third-order valence-corrected chi connectivity index (χ3v) is 4.04. The maximum Gasteiger partial charge on any atom is 0.223 e. The molecule has 2 fully saturated rings. The molecule has 0 saturated heterocycles. The third-order valence-electron chi connectivity index (χ3n) is 4.04. The molecule has 0 unspecified atom stereocenters. The van der Waals surface area contributed by atoms with Crippen molar-refractivity contribution in [2.75, 3.05) is 0 Å². The Labute approximate surface area is 101 Å². The molecule has 0 heterocycles. The van der Waals surface area contributed by atoms with Gasteiger partial charge in [0.25, 0.3) is 0 Å². The molecular formula is C14H17NO2. The highest BCUT2D eigenvalue weighted by Crippen LogP contribution is 2.70. The van der Waals surface area contributed by atoms with E-state index in [1.807, 2.05) is 24.3 Å². The number of amides is 1. The minimum absolute atomic E-state index is 0.0491. The maximum absolute atomic E-state index is 11.8. The van der Waals surface area contributed by atoms with Crippen molar-refractivity contribution < 1.29 is 9.90 Å². The molecule has 3 rings (SSSR count). The van der Waals surface area contributed by atoms with Gasteiger partial charge in [-0.15, -0.1) is 0 Å². The summed E-state index contributed by atoms with van der Waals surface area (Å²) in [4.78, 5) is 11.8. The number of hydrogen-bond acceptors (Lipinski definition) is 2. The molecule has 1 spiro atoms. The van der Waals surface area contributed by atoms with E-state index in [1.165, 1.54) is 12.8 Å². The lowest BCUT2D eigenvalue weighted by molar-refractivity contribution is -0.122. The fraction of sp³-hybridized carbons (Fsp3) is 0.500. The van der Waals surface area contributed by atoms with Crippen molar-refractivity contribution in [3.05, 3.63) is 35.4 Å². The molecule has 2 aliphatic carbocycles. The summed E-state index contributed by atoms with van der Waals surface area (Å²) in [6, 6.07) is 7.69. The normalized spacial score (nSPS) is 23.5. The van der Waals surface area contributed by atoms with Gasteiger partial charge in [-0.25, -0.2) is 0 Å². The summed E-state index contributed by atoms with van der Waals surface area (Å²) >= 11 is 0. The van der Waals surface area contributed by atoms with Crippen molar-refractivity contribution in [2.24, 2.45) is 11.3 Å². The molecule has 2 aliphatic rings. The van der Waals surface area contributed by atoms with E-state index in [0.717, 1.165) is 17.5 Å². The van der Waals surface area contributed by atoms with Crippen molar-refractivity contribution in [1.82, 2.24) is 5.32 Å². The average molecular weight is 231 g/mol. The first-order chi connectivity index (χ1) is 8.23. The van der Waals surface area contributed by atoms with E-state index in [4.69, 9.17) is 5.11 Å². The van der Waals surface area contributed by atoms with Gasteiger partial charge in [-0.05, 0) is 35.8 Å². The summed E-state index contributed by atoms with van der Waals surface area (Å²) in [5.74, 6) is 0.487. The first kappa shape index (κ1) is 10.8. The van der Waals surface area contributed by atoms with E-state index in [0.29, 0.717) is 12.0 Å². The van der Waals surface area contributed by atoms with E-state index < -0.39 is 0 Å². The number of aliphatic hydroxyl groups excluding tert-OH is 1. The Balaban J connectivity index is 1.54. The van der Waals surface area contributed by atoms with Crippen LogP contribution < -0.4 is 5.32 Å². The summed E-state index contributed by atoms with van der Waals surface area (Å²) in [6.45, 7) is 0.618. The molecule has 3 heteroatoms. The highest BCUT2D eigenvalue weighted by Gasteiger charge is 2.65. The number of carbonyl (C=O) groups is 1. The largest absolute Gasteiger partial charge is 0.392 e. The van der Waals surface area contributed by atoms with E-state index >= 15 is 0 Å². The van der Waals surface area contributed by atoms with Gasteiger partial charge in [0.05, 0.1) is 6.61 Å². The topological polar surface area (TPSA) is 49.3 Å². The van der Waals surface area contributed by atoms with Crippen molar-refractivity contribution in [3.63, 3.8) is 0 Å². The van der Waals surface area contributed by atoms with Crippen LogP contribution in [0.2, 0.25) is 0 Å². The minimum atomic E-state index is 0.0491. The zero-order valence-corrected chi connectivity index (χ0v) is 9.78. The summed E-state index contributed by atoms with van der Waals surface area (Å²) in [5.41, 5.74) is 2.37. The van der Waals surface area contributed by atoms with Crippen LogP contribution >= 0.6 is 0 Å². The lowest BCUT2D eigenvalue weighted by atomic mass is 10.1. The Kier molecular flexibility index (Phi) is 2.44. The van der Waals surface area contributed by atoms with Crippen LogP contribution in [0.4, 0.5) is 0 Å². The molecule has 0 aliphatic heterocycles. The van der Waals surface area contributed by atoms with Crippen molar-refractivity contribution in [3.8, 4) is 0 Å². The Bertz CT molecular complexity index is 451. The summed E-state index contributed by atoms with van der Waals surface area (Å²) in [7, 11) is 0. The Morgan fingerprint density at radius 1 is 1.41 bits per heavy atom. The van der Waals surface area contributed by atoms with Crippen LogP contribution in [0.3, 0.4) is 0 Å². The highest BCUT2D eigenvalue weighted by atomic mass is 16.3. The molecule has 2 N–H and O–H groups in total. The van der Waals surface area contributed by atoms with Gasteiger partial charge in [0.15, 0.2) is 0 Å². The van der Waals surface area contributed by atoms with Gasteiger partial charge in [0, 0.05) is 12.5 Å². The van der Waals surface area contributed by atoms with Gasteiger partial charge in [-0.3, -0.25) is 4.79 Å². The van der Waals surface area contributed by atoms with E-state index in [-0.39, 0.29) is 18.4 Å². The summed E-state index contributed by atoms with van der Waals surface area (Å²) in [6.07, 6.45) is 3.58. The first-order valence-electron chi connectivity index (χ1n) is 6.20. The van der Waals surface area contributed by atoms with E-state index in [2.05, 4.69) is 5.32 Å². The molecule has 90 valence electrons. The van der Waals surface area contributed by atoms with Gasteiger partial charge < -0.3 is 10.4 Å². The molecule has 3 nitrogen and oxygen atoms in total. The molecule has 1 aromatic rings. The number of benzene rings is 1. The Hall–Kier alpha value is -1.35. The lowest BCUT2D eigenvalue weighted by Gasteiger charge is -2.06. The second kappa shape index (κ2) is 3.84. The quantitative estimate of drug-likeness (QED) is 0.826. The zero-order chi connectivity index (χ0) is 11.9. The fourth-order valence-corrected chi connectivity index (χ4v) is 2.58. The van der Waals surface area contributed by atoms with Crippen LogP contribution in [-0.4, -0.2) is 11.0 Å². The predicted octanol–water partition coefficient (Wildman–Crippen LogP) is 1.60. The second-order valence-corrected chi connectivity index (χ2v) is 5.31. The van der Waals surface area contributed by atoms with Gasteiger partial charge in [0.1, 0.15) is 0 Å². The molecule has 17 heavy (non-hydrogen) atoms. The van der Waals surface area contributed by atoms with E-state index in [1.54, 1.807) is 0 Å². The number of rotatable bonds is 4.